The number of aliphatic hydroxyl groups is 1. The molecule has 5 nitrogen and oxygen atoms in total. The molecule has 0 amide bonds. The van der Waals surface area contributed by atoms with E-state index < -0.39 is 6.10 Å². The number of nitrogens with two attached hydrogens (primary N) is 2. The normalized spacial score (nSPS) is 12.1. The molecule has 2 aromatic carbocycles. The molecular weight excluding hydrogens is 300 g/mol. The second kappa shape index (κ2) is 6.29. The molecule has 5 heteroatoms. The first-order valence-corrected chi connectivity index (χ1v) is 7.84. The molecule has 0 aliphatic heterocycles. The first-order valence-electron chi connectivity index (χ1n) is 7.84. The van der Waals surface area contributed by atoms with E-state index >= 15 is 0 Å². The number of anilines is 2. The van der Waals surface area contributed by atoms with Crippen molar-refractivity contribution < 1.29 is 5.11 Å². The average Bonchev–Trinajstić information content (AvgIpc) is 3.19. The Kier molecular flexibility index (Phi) is 4.18. The molecule has 0 spiro atoms. The summed E-state index contributed by atoms with van der Waals surface area (Å²) in [5.41, 5.74) is 17.2. The quantitative estimate of drug-likeness (QED) is 0.344. The van der Waals surface area contributed by atoms with Gasteiger partial charge in [0.25, 0.3) is 0 Å². The number of benzene rings is 2. The van der Waals surface area contributed by atoms with E-state index in [0.29, 0.717) is 5.69 Å². The average molecular weight is 322 g/mol. The van der Waals surface area contributed by atoms with Crippen LogP contribution in [0, 0.1) is 6.92 Å². The summed E-state index contributed by atoms with van der Waals surface area (Å²) in [6, 6.07) is 11.7. The summed E-state index contributed by atoms with van der Waals surface area (Å²) in [6.45, 7) is 3.76. The zero-order valence-electron chi connectivity index (χ0n) is 13.8. The topological polar surface area (TPSA) is 104 Å². The van der Waals surface area contributed by atoms with Crippen LogP contribution in [0.5, 0.6) is 0 Å². The summed E-state index contributed by atoms with van der Waals surface area (Å²) in [5.74, 6) is 0. The molecule has 2 aromatic heterocycles. The summed E-state index contributed by atoms with van der Waals surface area (Å²) in [5, 5.41) is 11.6. The lowest BCUT2D eigenvalue weighted by Gasteiger charge is -2.05. The lowest BCUT2D eigenvalue weighted by Crippen LogP contribution is -1.93. The lowest BCUT2D eigenvalue weighted by molar-refractivity contribution is 0.201. The maximum atomic E-state index is 9.55. The first-order chi connectivity index (χ1) is 11.5. The van der Waals surface area contributed by atoms with Crippen LogP contribution in [0.25, 0.3) is 21.8 Å². The maximum absolute atomic E-state index is 9.55. The van der Waals surface area contributed by atoms with Crippen LogP contribution in [-0.2, 0) is 0 Å². The van der Waals surface area contributed by atoms with Gasteiger partial charge in [0.15, 0.2) is 0 Å². The SMILES string of the molecule is Cc1ccc(N)c2c(C(C)O)c[nH]c12.Nc1cccc2[nH]ccc12. The van der Waals surface area contributed by atoms with Gasteiger partial charge >= 0.3 is 0 Å². The smallest absolute Gasteiger partial charge is 0.0783 e. The fourth-order valence-electron chi connectivity index (χ4n) is 2.88. The molecule has 4 rings (SSSR count). The van der Waals surface area contributed by atoms with Crippen LogP contribution in [0.3, 0.4) is 0 Å². The van der Waals surface area contributed by atoms with Gasteiger partial charge in [-0.25, -0.2) is 0 Å². The number of aromatic nitrogens is 2. The Morgan fingerprint density at radius 2 is 1.79 bits per heavy atom. The standard InChI is InChI=1S/C11H14N2O.C8H8N2/c1-6-3-4-9(12)10-8(7(2)14)5-13-11(6)10;9-7-2-1-3-8-6(7)4-5-10-8/h3-5,7,13-14H,12H2,1-2H3;1-5,10H,9H2. The molecule has 0 bridgehead atoms. The maximum Gasteiger partial charge on any atom is 0.0783 e. The zero-order chi connectivity index (χ0) is 17.3. The van der Waals surface area contributed by atoms with Crippen molar-refractivity contribution in [1.82, 2.24) is 9.97 Å². The number of nitrogen functional groups attached to an aromatic ring is 2. The van der Waals surface area contributed by atoms with E-state index in [1.54, 1.807) is 6.92 Å². The van der Waals surface area contributed by atoms with Crippen LogP contribution < -0.4 is 11.5 Å². The summed E-state index contributed by atoms with van der Waals surface area (Å²) in [6.07, 6.45) is 3.22. The van der Waals surface area contributed by atoms with Gasteiger partial charge in [-0.1, -0.05) is 12.1 Å². The molecule has 4 aromatic rings. The van der Waals surface area contributed by atoms with Crippen molar-refractivity contribution in [3.05, 3.63) is 59.9 Å². The number of aromatic amines is 2. The molecule has 0 saturated carbocycles. The lowest BCUT2D eigenvalue weighted by atomic mass is 10.1. The largest absolute Gasteiger partial charge is 0.398 e. The second-order valence-electron chi connectivity index (χ2n) is 5.93. The van der Waals surface area contributed by atoms with Gasteiger partial charge in [0.1, 0.15) is 0 Å². The van der Waals surface area contributed by atoms with E-state index in [2.05, 4.69) is 9.97 Å². The predicted octanol–water partition coefficient (Wildman–Crippen LogP) is 3.86. The monoisotopic (exact) mass is 322 g/mol. The van der Waals surface area contributed by atoms with Crippen molar-refractivity contribution >= 4 is 33.2 Å². The highest BCUT2D eigenvalue weighted by atomic mass is 16.3. The molecule has 0 saturated heterocycles. The Balaban J connectivity index is 0.000000149. The number of aliphatic hydroxyl groups excluding tert-OH is 1. The third kappa shape index (κ3) is 2.81. The third-order valence-corrected chi connectivity index (χ3v) is 4.19. The van der Waals surface area contributed by atoms with Gasteiger partial charge < -0.3 is 26.5 Å². The molecule has 1 atom stereocenters. The minimum atomic E-state index is -0.493. The number of rotatable bonds is 1. The Hall–Kier alpha value is -2.92. The molecule has 1 unspecified atom stereocenters. The van der Waals surface area contributed by atoms with Crippen LogP contribution >= 0.6 is 0 Å². The van der Waals surface area contributed by atoms with Crippen molar-refractivity contribution in [3.63, 3.8) is 0 Å². The predicted molar refractivity (Wildman–Crippen MR) is 101 cm³/mol. The summed E-state index contributed by atoms with van der Waals surface area (Å²) in [4.78, 5) is 6.22. The van der Waals surface area contributed by atoms with Crippen LogP contribution in [0.1, 0.15) is 24.2 Å². The summed E-state index contributed by atoms with van der Waals surface area (Å²) in [7, 11) is 0. The highest BCUT2D eigenvalue weighted by Gasteiger charge is 2.12. The Morgan fingerprint density at radius 1 is 1.00 bits per heavy atom. The highest BCUT2D eigenvalue weighted by molar-refractivity contribution is 5.96. The molecule has 2 heterocycles. The van der Waals surface area contributed by atoms with Gasteiger partial charge in [0.05, 0.1) is 11.6 Å². The van der Waals surface area contributed by atoms with Crippen molar-refractivity contribution in [3.8, 4) is 0 Å². The molecule has 0 aliphatic carbocycles. The highest BCUT2D eigenvalue weighted by Crippen LogP contribution is 2.30. The van der Waals surface area contributed by atoms with Crippen molar-refractivity contribution in [2.45, 2.75) is 20.0 Å². The van der Waals surface area contributed by atoms with Crippen LogP contribution in [0.4, 0.5) is 11.4 Å². The van der Waals surface area contributed by atoms with E-state index in [1.165, 1.54) is 0 Å². The second-order valence-corrected chi connectivity index (χ2v) is 5.93. The van der Waals surface area contributed by atoms with Crippen molar-refractivity contribution in [2.75, 3.05) is 11.5 Å². The van der Waals surface area contributed by atoms with Gasteiger partial charge in [-0.2, -0.15) is 0 Å². The number of aryl methyl sites for hydroxylation is 1. The van der Waals surface area contributed by atoms with Gasteiger partial charge in [-0.05, 0) is 43.7 Å². The number of nitrogens with one attached hydrogen (secondary N) is 2. The van der Waals surface area contributed by atoms with Gasteiger partial charge in [0.2, 0.25) is 0 Å². The molecule has 0 radical (unpaired) electrons. The first kappa shape index (κ1) is 16.0. The van der Waals surface area contributed by atoms with Crippen LogP contribution in [0.15, 0.2) is 48.8 Å². The Morgan fingerprint density at radius 3 is 2.50 bits per heavy atom. The van der Waals surface area contributed by atoms with E-state index in [0.717, 1.165) is 38.6 Å². The van der Waals surface area contributed by atoms with Gasteiger partial charge in [-0.3, -0.25) is 0 Å². The van der Waals surface area contributed by atoms with E-state index in [4.69, 9.17) is 11.5 Å². The summed E-state index contributed by atoms with van der Waals surface area (Å²) < 4.78 is 0. The number of fused-ring (bicyclic) bond motifs is 2. The van der Waals surface area contributed by atoms with E-state index in [1.807, 2.05) is 55.7 Å². The minimum Gasteiger partial charge on any atom is -0.398 e. The van der Waals surface area contributed by atoms with Crippen LogP contribution in [-0.4, -0.2) is 15.1 Å². The third-order valence-electron chi connectivity index (χ3n) is 4.19. The van der Waals surface area contributed by atoms with Crippen molar-refractivity contribution in [1.29, 1.82) is 0 Å². The van der Waals surface area contributed by atoms with Crippen molar-refractivity contribution in [2.24, 2.45) is 0 Å². The number of H-pyrrole nitrogens is 2. The molecule has 124 valence electrons. The number of hydrogen-bond acceptors (Lipinski definition) is 3. The van der Waals surface area contributed by atoms with E-state index in [9.17, 15) is 5.11 Å². The Labute approximate surface area is 140 Å². The van der Waals surface area contributed by atoms with Crippen LogP contribution in [0.2, 0.25) is 0 Å². The number of hydrogen-bond donors (Lipinski definition) is 5. The molecule has 24 heavy (non-hydrogen) atoms. The molecule has 7 N–H and O–H groups in total. The molecule has 0 aliphatic rings. The fraction of sp³-hybridized carbons (Fsp3) is 0.158. The molecular formula is C19H22N4O. The van der Waals surface area contributed by atoms with Gasteiger partial charge in [-0.15, -0.1) is 0 Å². The fourth-order valence-corrected chi connectivity index (χ4v) is 2.88. The summed E-state index contributed by atoms with van der Waals surface area (Å²) >= 11 is 0. The van der Waals surface area contributed by atoms with Gasteiger partial charge in [0, 0.05) is 45.6 Å². The molecule has 0 fully saturated rings. The Bertz CT molecular complexity index is 982. The van der Waals surface area contributed by atoms with E-state index in [-0.39, 0.29) is 0 Å². The zero-order valence-corrected chi connectivity index (χ0v) is 13.8. The minimum absolute atomic E-state index is 0.493.